The van der Waals surface area contributed by atoms with Crippen LogP contribution in [0.4, 0.5) is 5.69 Å². The number of para-hydroxylation sites is 1. The summed E-state index contributed by atoms with van der Waals surface area (Å²) in [5.74, 6) is 0.0379. The van der Waals surface area contributed by atoms with Crippen LogP contribution < -0.4 is 5.32 Å². The third-order valence-corrected chi connectivity index (χ3v) is 3.90. The van der Waals surface area contributed by atoms with E-state index in [2.05, 4.69) is 10.2 Å². The van der Waals surface area contributed by atoms with Gasteiger partial charge < -0.3 is 15.0 Å². The third-order valence-electron chi connectivity index (χ3n) is 3.90. The van der Waals surface area contributed by atoms with Crippen LogP contribution in [0, 0.1) is 11.8 Å². The topological polar surface area (TPSA) is 58.6 Å². The van der Waals surface area contributed by atoms with Gasteiger partial charge in [-0.25, -0.2) is 0 Å². The number of likely N-dealkylation sites (tertiary alicyclic amines) is 1. The van der Waals surface area contributed by atoms with Crippen LogP contribution in [0.1, 0.15) is 13.3 Å². The van der Waals surface area contributed by atoms with E-state index in [4.69, 9.17) is 4.74 Å². The molecule has 0 saturated carbocycles. The van der Waals surface area contributed by atoms with Gasteiger partial charge in [-0.1, -0.05) is 25.1 Å². The predicted molar refractivity (Wildman–Crippen MR) is 80.8 cm³/mol. The van der Waals surface area contributed by atoms with E-state index in [1.165, 1.54) is 7.11 Å². The van der Waals surface area contributed by atoms with Crippen molar-refractivity contribution in [2.45, 2.75) is 13.3 Å². The van der Waals surface area contributed by atoms with E-state index in [0.29, 0.717) is 19.5 Å². The number of anilines is 1. The van der Waals surface area contributed by atoms with Crippen molar-refractivity contribution < 1.29 is 14.3 Å². The first-order valence-corrected chi connectivity index (χ1v) is 7.25. The molecule has 1 saturated heterocycles. The number of ether oxygens (including phenoxy) is 1. The van der Waals surface area contributed by atoms with Crippen LogP contribution in [0.3, 0.4) is 0 Å². The highest BCUT2D eigenvalue weighted by Crippen LogP contribution is 2.24. The molecule has 0 spiro atoms. The summed E-state index contributed by atoms with van der Waals surface area (Å²) in [6.45, 7) is 4.22. The van der Waals surface area contributed by atoms with Crippen molar-refractivity contribution in [1.29, 1.82) is 0 Å². The second-order valence-corrected chi connectivity index (χ2v) is 5.53. The van der Waals surface area contributed by atoms with E-state index in [-0.39, 0.29) is 23.7 Å². The SMILES string of the molecule is COC(=O)C1CN(CCC(=O)Nc2ccccc2)CC1C. The maximum absolute atomic E-state index is 11.9. The fourth-order valence-corrected chi connectivity index (χ4v) is 2.71. The zero-order valence-electron chi connectivity index (χ0n) is 12.5. The van der Waals surface area contributed by atoms with Crippen molar-refractivity contribution in [2.75, 3.05) is 32.1 Å². The standard InChI is InChI=1S/C16H22N2O3/c1-12-10-18(11-14(12)16(20)21-2)9-8-15(19)17-13-6-4-3-5-7-13/h3-7,12,14H,8-11H2,1-2H3,(H,17,19). The Bertz CT molecular complexity index is 490. The van der Waals surface area contributed by atoms with Crippen molar-refractivity contribution in [3.63, 3.8) is 0 Å². The Kier molecular flexibility index (Phi) is 5.33. The van der Waals surface area contributed by atoms with Crippen LogP contribution in [-0.4, -0.2) is 43.5 Å². The Balaban J connectivity index is 1.76. The quantitative estimate of drug-likeness (QED) is 0.839. The van der Waals surface area contributed by atoms with Crippen LogP contribution in [0.15, 0.2) is 30.3 Å². The summed E-state index contributed by atoms with van der Waals surface area (Å²) in [7, 11) is 1.42. The normalized spacial score (nSPS) is 22.0. The molecule has 21 heavy (non-hydrogen) atoms. The van der Waals surface area contributed by atoms with E-state index < -0.39 is 0 Å². The number of hydrogen-bond acceptors (Lipinski definition) is 4. The summed E-state index contributed by atoms with van der Waals surface area (Å²) in [4.78, 5) is 25.7. The number of nitrogens with one attached hydrogen (secondary N) is 1. The number of hydrogen-bond donors (Lipinski definition) is 1. The van der Waals surface area contributed by atoms with E-state index >= 15 is 0 Å². The van der Waals surface area contributed by atoms with Crippen molar-refractivity contribution in [3.05, 3.63) is 30.3 Å². The monoisotopic (exact) mass is 290 g/mol. The first kappa shape index (κ1) is 15.5. The molecule has 0 aromatic heterocycles. The summed E-state index contributed by atoms with van der Waals surface area (Å²) in [5.41, 5.74) is 0.810. The summed E-state index contributed by atoms with van der Waals surface area (Å²) in [6.07, 6.45) is 0.426. The first-order valence-electron chi connectivity index (χ1n) is 7.25. The minimum Gasteiger partial charge on any atom is -0.469 e. The minimum atomic E-state index is -0.154. The first-order chi connectivity index (χ1) is 10.1. The maximum atomic E-state index is 11.9. The highest BCUT2D eigenvalue weighted by molar-refractivity contribution is 5.90. The van der Waals surface area contributed by atoms with Crippen molar-refractivity contribution in [1.82, 2.24) is 4.90 Å². The van der Waals surface area contributed by atoms with E-state index in [9.17, 15) is 9.59 Å². The molecule has 1 aliphatic heterocycles. The molecule has 2 atom stereocenters. The average Bonchev–Trinajstić information content (AvgIpc) is 2.86. The average molecular weight is 290 g/mol. The number of rotatable bonds is 5. The van der Waals surface area contributed by atoms with Gasteiger partial charge in [0, 0.05) is 31.7 Å². The lowest BCUT2D eigenvalue weighted by atomic mass is 9.99. The number of nitrogens with zero attached hydrogens (tertiary/aromatic N) is 1. The van der Waals surface area contributed by atoms with Gasteiger partial charge in [0.05, 0.1) is 13.0 Å². The van der Waals surface area contributed by atoms with E-state index in [1.54, 1.807) is 0 Å². The Morgan fingerprint density at radius 2 is 2.00 bits per heavy atom. The van der Waals surface area contributed by atoms with Crippen LogP contribution in [-0.2, 0) is 14.3 Å². The minimum absolute atomic E-state index is 0.00429. The van der Waals surface area contributed by atoms with Gasteiger partial charge in [0.15, 0.2) is 0 Å². The summed E-state index contributed by atoms with van der Waals surface area (Å²) in [6, 6.07) is 9.41. The van der Waals surface area contributed by atoms with Crippen molar-refractivity contribution in [3.8, 4) is 0 Å². The molecule has 5 nitrogen and oxygen atoms in total. The van der Waals surface area contributed by atoms with Gasteiger partial charge in [-0.3, -0.25) is 9.59 Å². The number of amides is 1. The highest BCUT2D eigenvalue weighted by Gasteiger charge is 2.35. The Labute approximate surface area is 125 Å². The van der Waals surface area contributed by atoms with E-state index in [0.717, 1.165) is 12.2 Å². The van der Waals surface area contributed by atoms with Gasteiger partial charge in [0.1, 0.15) is 0 Å². The maximum Gasteiger partial charge on any atom is 0.310 e. The lowest BCUT2D eigenvalue weighted by Crippen LogP contribution is -2.27. The van der Waals surface area contributed by atoms with Gasteiger partial charge >= 0.3 is 5.97 Å². The molecule has 114 valence electrons. The molecule has 1 N–H and O–H groups in total. The Morgan fingerprint density at radius 1 is 1.29 bits per heavy atom. The largest absolute Gasteiger partial charge is 0.469 e. The number of methoxy groups -OCH3 is 1. The number of carbonyl (C=O) groups is 2. The molecule has 0 radical (unpaired) electrons. The summed E-state index contributed by atoms with van der Waals surface area (Å²) in [5, 5.41) is 2.86. The van der Waals surface area contributed by atoms with Crippen LogP contribution in [0.5, 0.6) is 0 Å². The van der Waals surface area contributed by atoms with Crippen LogP contribution >= 0.6 is 0 Å². The molecule has 1 aliphatic rings. The zero-order chi connectivity index (χ0) is 15.2. The molecule has 5 heteroatoms. The second-order valence-electron chi connectivity index (χ2n) is 5.53. The van der Waals surface area contributed by atoms with Gasteiger partial charge in [-0.2, -0.15) is 0 Å². The third kappa shape index (κ3) is 4.29. The highest BCUT2D eigenvalue weighted by atomic mass is 16.5. The zero-order valence-corrected chi connectivity index (χ0v) is 12.5. The molecular weight excluding hydrogens is 268 g/mol. The second kappa shape index (κ2) is 7.22. The van der Waals surface area contributed by atoms with Crippen molar-refractivity contribution >= 4 is 17.6 Å². The molecule has 1 aromatic carbocycles. The molecule has 1 fully saturated rings. The number of esters is 1. The van der Waals surface area contributed by atoms with Gasteiger partial charge in [0.25, 0.3) is 0 Å². The fourth-order valence-electron chi connectivity index (χ4n) is 2.71. The lowest BCUT2D eigenvalue weighted by molar-refractivity contribution is -0.146. The van der Waals surface area contributed by atoms with Crippen LogP contribution in [0.2, 0.25) is 0 Å². The molecular formula is C16H22N2O3. The molecule has 0 aliphatic carbocycles. The van der Waals surface area contributed by atoms with Crippen molar-refractivity contribution in [2.24, 2.45) is 11.8 Å². The molecule has 1 amide bonds. The number of benzene rings is 1. The summed E-state index contributed by atoms with van der Waals surface area (Å²) >= 11 is 0. The lowest BCUT2D eigenvalue weighted by Gasteiger charge is -2.15. The number of carbonyl (C=O) groups excluding carboxylic acids is 2. The van der Waals surface area contributed by atoms with Gasteiger partial charge in [0.2, 0.25) is 5.91 Å². The smallest absolute Gasteiger partial charge is 0.310 e. The predicted octanol–water partition coefficient (Wildman–Crippen LogP) is 1.76. The fraction of sp³-hybridized carbons (Fsp3) is 0.500. The van der Waals surface area contributed by atoms with Gasteiger partial charge in [-0.15, -0.1) is 0 Å². The summed E-state index contributed by atoms with van der Waals surface area (Å²) < 4.78 is 4.81. The molecule has 2 unspecified atom stereocenters. The molecule has 2 rings (SSSR count). The molecule has 0 bridgehead atoms. The molecule has 1 aromatic rings. The van der Waals surface area contributed by atoms with E-state index in [1.807, 2.05) is 37.3 Å². The van der Waals surface area contributed by atoms with Gasteiger partial charge in [-0.05, 0) is 18.1 Å². The molecule has 1 heterocycles. The Morgan fingerprint density at radius 3 is 2.67 bits per heavy atom. The van der Waals surface area contributed by atoms with Crippen LogP contribution in [0.25, 0.3) is 0 Å². The Hall–Kier alpha value is -1.88.